The second-order valence-electron chi connectivity index (χ2n) is 11.2. The third-order valence-electron chi connectivity index (χ3n) is 8.92. The molecule has 5 heteroatoms. The number of aromatic nitrogens is 2. The highest BCUT2D eigenvalue weighted by Gasteiger charge is 2.61. The number of amides is 1. The molecule has 2 aromatic heterocycles. The minimum Gasteiger partial charge on any atom is -0.338 e. The lowest BCUT2D eigenvalue weighted by Gasteiger charge is -2.33. The summed E-state index contributed by atoms with van der Waals surface area (Å²) in [6, 6.07) is 12.2. The lowest BCUT2D eigenvalue weighted by Crippen LogP contribution is -2.41. The highest BCUT2D eigenvalue weighted by Crippen LogP contribution is 2.66. The van der Waals surface area contributed by atoms with Gasteiger partial charge < -0.3 is 9.47 Å². The minimum absolute atomic E-state index is 0.106. The lowest BCUT2D eigenvalue weighted by atomic mass is 9.79. The second kappa shape index (κ2) is 7.27. The van der Waals surface area contributed by atoms with Crippen LogP contribution in [0.15, 0.2) is 41.2 Å². The van der Waals surface area contributed by atoms with Gasteiger partial charge in [-0.3, -0.25) is 14.6 Å². The van der Waals surface area contributed by atoms with Gasteiger partial charge in [0.05, 0.1) is 5.52 Å². The zero-order valence-corrected chi connectivity index (χ0v) is 19.8. The summed E-state index contributed by atoms with van der Waals surface area (Å²) >= 11 is 0. The molecule has 174 valence electrons. The van der Waals surface area contributed by atoms with Gasteiger partial charge in [0.25, 0.3) is 5.56 Å². The van der Waals surface area contributed by atoms with Crippen molar-refractivity contribution >= 4 is 16.8 Å². The Balaban J connectivity index is 1.31. The van der Waals surface area contributed by atoms with Crippen LogP contribution in [0.5, 0.6) is 0 Å². The molecule has 1 aliphatic heterocycles. The Labute approximate surface area is 199 Å². The van der Waals surface area contributed by atoms with E-state index in [4.69, 9.17) is 0 Å². The van der Waals surface area contributed by atoms with Gasteiger partial charge in [-0.05, 0) is 79.7 Å². The van der Waals surface area contributed by atoms with Crippen LogP contribution in [0.25, 0.3) is 22.0 Å². The molecule has 3 saturated carbocycles. The number of fused-ring (bicyclic) bond motifs is 2. The number of hydrogen-bond acceptors (Lipinski definition) is 3. The fourth-order valence-corrected chi connectivity index (χ4v) is 6.44. The van der Waals surface area contributed by atoms with Crippen molar-refractivity contribution in [2.45, 2.75) is 65.0 Å². The maximum atomic E-state index is 13.8. The molecule has 0 saturated heterocycles. The van der Waals surface area contributed by atoms with E-state index in [1.54, 1.807) is 0 Å². The molecule has 1 atom stereocenters. The van der Waals surface area contributed by atoms with E-state index in [2.05, 4.69) is 26.6 Å². The molecule has 0 bridgehead atoms. The van der Waals surface area contributed by atoms with E-state index >= 15 is 0 Å². The number of pyridine rings is 2. The standard InChI is InChI=1S/C29H31N3O2/c1-18-6-9-22-21(4-2-5-25(22)30-18)23-14-20-17-31(28(34)24-15-29(24)11-3-12-29)13-10-26(20)32(27(23)33)16-19-7-8-19/h2,4-6,9,14,19,24H,3,7-8,10-13,15-17H2,1H3. The van der Waals surface area contributed by atoms with E-state index < -0.39 is 0 Å². The van der Waals surface area contributed by atoms with Gasteiger partial charge in [-0.25, -0.2) is 0 Å². The molecule has 5 nitrogen and oxygen atoms in total. The Morgan fingerprint density at radius 1 is 1.15 bits per heavy atom. The summed E-state index contributed by atoms with van der Waals surface area (Å²) in [7, 11) is 0. The van der Waals surface area contributed by atoms with Crippen LogP contribution in [-0.2, 0) is 24.3 Å². The van der Waals surface area contributed by atoms with Crippen LogP contribution in [0.3, 0.4) is 0 Å². The monoisotopic (exact) mass is 453 g/mol. The van der Waals surface area contributed by atoms with Crippen molar-refractivity contribution in [3.63, 3.8) is 0 Å². The van der Waals surface area contributed by atoms with E-state index in [0.717, 1.165) is 64.9 Å². The SMILES string of the molecule is Cc1ccc2c(-c3cc4c(n(CC5CC5)c3=O)CCN(C(=O)C3CC35CCC5)C4)cccc2n1. The number of hydrogen-bond donors (Lipinski definition) is 0. The van der Waals surface area contributed by atoms with Gasteiger partial charge >= 0.3 is 0 Å². The van der Waals surface area contributed by atoms with Crippen LogP contribution in [0, 0.1) is 24.2 Å². The molecule has 34 heavy (non-hydrogen) atoms. The third kappa shape index (κ3) is 3.16. The summed E-state index contributed by atoms with van der Waals surface area (Å²) in [6.07, 6.45) is 8.02. The van der Waals surface area contributed by atoms with Gasteiger partial charge in [-0.2, -0.15) is 0 Å². The van der Waals surface area contributed by atoms with E-state index in [1.807, 2.05) is 31.2 Å². The molecule has 3 heterocycles. The zero-order chi connectivity index (χ0) is 23.0. The topological polar surface area (TPSA) is 55.2 Å². The number of benzene rings is 1. The first-order valence-electron chi connectivity index (χ1n) is 12.9. The summed E-state index contributed by atoms with van der Waals surface area (Å²) in [4.78, 5) is 33.9. The van der Waals surface area contributed by atoms with E-state index in [-0.39, 0.29) is 11.5 Å². The Morgan fingerprint density at radius 2 is 2.00 bits per heavy atom. The molecular formula is C29H31N3O2. The first kappa shape index (κ1) is 20.4. The largest absolute Gasteiger partial charge is 0.338 e. The molecule has 0 N–H and O–H groups in total. The van der Waals surface area contributed by atoms with Gasteiger partial charge in [0.2, 0.25) is 5.91 Å². The fraction of sp³-hybridized carbons (Fsp3) is 0.483. The molecule has 0 radical (unpaired) electrons. The van der Waals surface area contributed by atoms with E-state index in [9.17, 15) is 9.59 Å². The minimum atomic E-state index is 0.106. The summed E-state index contributed by atoms with van der Waals surface area (Å²) in [5.74, 6) is 1.20. The summed E-state index contributed by atoms with van der Waals surface area (Å²) in [5, 5.41) is 1.01. The van der Waals surface area contributed by atoms with E-state index in [1.165, 1.54) is 32.1 Å². The van der Waals surface area contributed by atoms with Gasteiger partial charge in [-0.1, -0.05) is 24.6 Å². The predicted octanol–water partition coefficient (Wildman–Crippen LogP) is 4.86. The molecule has 4 aliphatic rings. The van der Waals surface area contributed by atoms with Crippen LogP contribution >= 0.6 is 0 Å². The molecule has 1 spiro atoms. The van der Waals surface area contributed by atoms with Crippen LogP contribution in [0.4, 0.5) is 0 Å². The number of aryl methyl sites for hydroxylation is 1. The average molecular weight is 454 g/mol. The predicted molar refractivity (Wildman–Crippen MR) is 132 cm³/mol. The number of rotatable bonds is 4. The number of carbonyl (C=O) groups excluding carboxylic acids is 1. The third-order valence-corrected chi connectivity index (χ3v) is 8.92. The van der Waals surface area contributed by atoms with Crippen molar-refractivity contribution < 1.29 is 4.79 Å². The highest BCUT2D eigenvalue weighted by atomic mass is 16.2. The average Bonchev–Trinajstić information content (AvgIpc) is 3.73. The van der Waals surface area contributed by atoms with Crippen LogP contribution in [0.1, 0.15) is 55.5 Å². The molecule has 1 aromatic carbocycles. The summed E-state index contributed by atoms with van der Waals surface area (Å²) in [6.45, 7) is 4.16. The molecular weight excluding hydrogens is 422 g/mol. The van der Waals surface area contributed by atoms with Crippen LogP contribution in [0.2, 0.25) is 0 Å². The summed E-state index contributed by atoms with van der Waals surface area (Å²) in [5.41, 5.74) is 6.33. The van der Waals surface area contributed by atoms with Crippen LogP contribution < -0.4 is 5.56 Å². The Bertz CT molecular complexity index is 1400. The normalized spacial score (nSPS) is 22.5. The summed E-state index contributed by atoms with van der Waals surface area (Å²) < 4.78 is 2.05. The highest BCUT2D eigenvalue weighted by molar-refractivity contribution is 5.94. The lowest BCUT2D eigenvalue weighted by molar-refractivity contribution is -0.135. The van der Waals surface area contributed by atoms with Gasteiger partial charge in [0.15, 0.2) is 0 Å². The number of carbonyl (C=O) groups is 1. The van der Waals surface area contributed by atoms with Gasteiger partial charge in [0.1, 0.15) is 0 Å². The number of nitrogens with zero attached hydrogens (tertiary/aromatic N) is 3. The van der Waals surface area contributed by atoms with E-state index in [0.29, 0.717) is 23.8 Å². The fourth-order valence-electron chi connectivity index (χ4n) is 6.44. The molecule has 3 aromatic rings. The smallest absolute Gasteiger partial charge is 0.258 e. The van der Waals surface area contributed by atoms with Crippen molar-refractivity contribution in [1.82, 2.24) is 14.5 Å². The molecule has 1 unspecified atom stereocenters. The van der Waals surface area contributed by atoms with Crippen LogP contribution in [-0.4, -0.2) is 26.9 Å². The molecule has 3 fully saturated rings. The maximum absolute atomic E-state index is 13.8. The Kier molecular flexibility index (Phi) is 4.37. The van der Waals surface area contributed by atoms with Crippen molar-refractivity contribution in [2.75, 3.05) is 6.54 Å². The van der Waals surface area contributed by atoms with Gasteiger partial charge in [0, 0.05) is 54.3 Å². The molecule has 3 aliphatic carbocycles. The van der Waals surface area contributed by atoms with Crippen molar-refractivity contribution in [2.24, 2.45) is 17.3 Å². The second-order valence-corrected chi connectivity index (χ2v) is 11.2. The first-order valence-corrected chi connectivity index (χ1v) is 12.9. The van der Waals surface area contributed by atoms with Crippen molar-refractivity contribution in [1.29, 1.82) is 0 Å². The molecule has 1 amide bonds. The Morgan fingerprint density at radius 3 is 2.74 bits per heavy atom. The Hall–Kier alpha value is -2.95. The van der Waals surface area contributed by atoms with Crippen molar-refractivity contribution in [3.8, 4) is 11.1 Å². The quantitative estimate of drug-likeness (QED) is 0.567. The molecule has 7 rings (SSSR count). The maximum Gasteiger partial charge on any atom is 0.258 e. The zero-order valence-electron chi connectivity index (χ0n) is 19.8. The van der Waals surface area contributed by atoms with Gasteiger partial charge in [-0.15, -0.1) is 0 Å². The first-order chi connectivity index (χ1) is 16.5. The van der Waals surface area contributed by atoms with Crippen molar-refractivity contribution in [3.05, 3.63) is 63.7 Å².